The molecule has 26 heavy (non-hydrogen) atoms. The predicted molar refractivity (Wildman–Crippen MR) is 100 cm³/mol. The van der Waals surface area contributed by atoms with E-state index in [1.165, 1.54) is 19.3 Å². The highest BCUT2D eigenvalue weighted by Gasteiger charge is 2.24. The molecule has 0 spiro atoms. The van der Waals surface area contributed by atoms with E-state index in [9.17, 15) is 0 Å². The number of hydrogen-bond acceptors (Lipinski definition) is 7. The van der Waals surface area contributed by atoms with E-state index in [1.54, 1.807) is 12.6 Å². The van der Waals surface area contributed by atoms with E-state index < -0.39 is 0 Å². The second kappa shape index (κ2) is 8.51. The highest BCUT2D eigenvalue weighted by Crippen LogP contribution is 2.26. The van der Waals surface area contributed by atoms with Crippen molar-refractivity contribution >= 4 is 11.6 Å². The molecule has 2 aromatic rings. The minimum absolute atomic E-state index is 0.229. The molecule has 0 amide bonds. The van der Waals surface area contributed by atoms with Crippen molar-refractivity contribution in [2.45, 2.75) is 25.3 Å². The Balaban J connectivity index is 1.43. The molecule has 2 saturated heterocycles. The van der Waals surface area contributed by atoms with E-state index in [0.717, 1.165) is 63.3 Å². The Hall–Kier alpha value is -2.12. The van der Waals surface area contributed by atoms with Crippen molar-refractivity contribution in [2.24, 2.45) is 0 Å². The Labute approximate surface area is 154 Å². The Morgan fingerprint density at radius 1 is 1.08 bits per heavy atom. The van der Waals surface area contributed by atoms with Crippen LogP contribution >= 0.6 is 0 Å². The Kier molecular flexibility index (Phi) is 5.66. The summed E-state index contributed by atoms with van der Waals surface area (Å²) in [6.45, 7) is 6.27. The lowest BCUT2D eigenvalue weighted by atomic mass is 10.1. The first-order valence-electron chi connectivity index (χ1n) is 9.56. The van der Waals surface area contributed by atoms with Crippen LogP contribution in [0, 0.1) is 0 Å². The van der Waals surface area contributed by atoms with Crippen molar-refractivity contribution < 1.29 is 9.15 Å². The molecule has 1 N–H and O–H groups in total. The maximum atomic E-state index is 5.72. The maximum absolute atomic E-state index is 5.72. The molecular weight excluding hydrogens is 330 g/mol. The quantitative estimate of drug-likeness (QED) is 0.852. The number of ether oxygens (including phenoxy) is 1. The molecule has 2 fully saturated rings. The van der Waals surface area contributed by atoms with Gasteiger partial charge in [-0.25, -0.2) is 9.97 Å². The average molecular weight is 357 g/mol. The van der Waals surface area contributed by atoms with Gasteiger partial charge >= 0.3 is 0 Å². The van der Waals surface area contributed by atoms with Crippen LogP contribution in [0.4, 0.5) is 11.6 Å². The third kappa shape index (κ3) is 4.16. The van der Waals surface area contributed by atoms with Crippen LogP contribution in [0.5, 0.6) is 0 Å². The van der Waals surface area contributed by atoms with Gasteiger partial charge in [-0.2, -0.15) is 0 Å². The number of nitrogens with one attached hydrogen (secondary N) is 1. The number of aromatic nitrogens is 2. The van der Waals surface area contributed by atoms with Gasteiger partial charge in [0.25, 0.3) is 0 Å². The number of anilines is 2. The highest BCUT2D eigenvalue weighted by atomic mass is 16.5. The van der Waals surface area contributed by atoms with Crippen molar-refractivity contribution in [1.29, 1.82) is 0 Å². The summed E-state index contributed by atoms with van der Waals surface area (Å²) in [4.78, 5) is 13.6. The van der Waals surface area contributed by atoms with Crippen LogP contribution < -0.4 is 10.2 Å². The van der Waals surface area contributed by atoms with Crippen molar-refractivity contribution in [3.63, 3.8) is 0 Å². The van der Waals surface area contributed by atoms with Crippen molar-refractivity contribution in [3.8, 4) is 0 Å². The van der Waals surface area contributed by atoms with Crippen LogP contribution in [0.15, 0.2) is 35.2 Å². The molecule has 7 nitrogen and oxygen atoms in total. The molecule has 0 bridgehead atoms. The number of nitrogens with zero attached hydrogens (tertiary/aromatic N) is 4. The van der Waals surface area contributed by atoms with Crippen LogP contribution in [0.25, 0.3) is 0 Å². The van der Waals surface area contributed by atoms with Gasteiger partial charge in [0.1, 0.15) is 23.7 Å². The fraction of sp³-hybridized carbons (Fsp3) is 0.579. The summed E-state index contributed by atoms with van der Waals surface area (Å²) in [5.74, 6) is 2.83. The van der Waals surface area contributed by atoms with Gasteiger partial charge in [0.05, 0.1) is 25.5 Å². The summed E-state index contributed by atoms with van der Waals surface area (Å²) in [6, 6.07) is 6.29. The zero-order chi connectivity index (χ0) is 17.6. The van der Waals surface area contributed by atoms with Crippen molar-refractivity contribution in [3.05, 3.63) is 36.5 Å². The Bertz CT molecular complexity index is 666. The van der Waals surface area contributed by atoms with Gasteiger partial charge in [0, 0.05) is 25.7 Å². The average Bonchev–Trinajstić information content (AvgIpc) is 3.24. The smallest absolute Gasteiger partial charge is 0.134 e. The molecule has 2 aromatic heterocycles. The van der Waals surface area contributed by atoms with Crippen LogP contribution in [-0.4, -0.2) is 60.8 Å². The first kappa shape index (κ1) is 17.3. The van der Waals surface area contributed by atoms with Gasteiger partial charge < -0.3 is 19.4 Å². The number of piperidine rings is 1. The Morgan fingerprint density at radius 2 is 1.92 bits per heavy atom. The minimum atomic E-state index is 0.229. The summed E-state index contributed by atoms with van der Waals surface area (Å²) >= 11 is 0. The summed E-state index contributed by atoms with van der Waals surface area (Å²) in [7, 11) is 0. The second-order valence-electron chi connectivity index (χ2n) is 6.87. The fourth-order valence-electron chi connectivity index (χ4n) is 3.73. The highest BCUT2D eigenvalue weighted by molar-refractivity contribution is 5.48. The SMILES string of the molecule is c1coc(C(CNc2cc(N3CCOCC3)ncn2)N2CCCCC2)c1. The second-order valence-corrected chi connectivity index (χ2v) is 6.87. The number of likely N-dealkylation sites (tertiary alicyclic amines) is 1. The van der Waals surface area contributed by atoms with Gasteiger partial charge in [-0.05, 0) is 38.1 Å². The summed E-state index contributed by atoms with van der Waals surface area (Å²) in [5.41, 5.74) is 0. The fourth-order valence-corrected chi connectivity index (χ4v) is 3.73. The molecule has 2 aliphatic rings. The van der Waals surface area contributed by atoms with E-state index in [-0.39, 0.29) is 6.04 Å². The van der Waals surface area contributed by atoms with E-state index in [2.05, 4.69) is 31.2 Å². The topological polar surface area (TPSA) is 66.7 Å². The van der Waals surface area contributed by atoms with Crippen LogP contribution in [0.3, 0.4) is 0 Å². The zero-order valence-electron chi connectivity index (χ0n) is 15.1. The summed E-state index contributed by atoms with van der Waals surface area (Å²) in [5, 5.41) is 3.50. The van der Waals surface area contributed by atoms with Gasteiger partial charge in [0.2, 0.25) is 0 Å². The van der Waals surface area contributed by atoms with Crippen LogP contribution in [-0.2, 0) is 4.74 Å². The summed E-state index contributed by atoms with van der Waals surface area (Å²) < 4.78 is 11.1. The number of morpholine rings is 1. The number of rotatable bonds is 6. The molecule has 140 valence electrons. The lowest BCUT2D eigenvalue weighted by molar-refractivity contribution is 0.122. The molecule has 1 unspecified atom stereocenters. The molecule has 2 aliphatic heterocycles. The first-order chi connectivity index (χ1) is 12.9. The zero-order valence-corrected chi connectivity index (χ0v) is 15.1. The molecule has 0 aliphatic carbocycles. The Morgan fingerprint density at radius 3 is 2.69 bits per heavy atom. The van der Waals surface area contributed by atoms with Crippen molar-refractivity contribution in [2.75, 3.05) is 56.2 Å². The molecule has 0 aromatic carbocycles. The molecule has 4 heterocycles. The van der Waals surface area contributed by atoms with Crippen LogP contribution in [0.1, 0.15) is 31.1 Å². The molecule has 0 saturated carbocycles. The van der Waals surface area contributed by atoms with E-state index in [4.69, 9.17) is 9.15 Å². The predicted octanol–water partition coefficient (Wildman–Crippen LogP) is 2.55. The van der Waals surface area contributed by atoms with Gasteiger partial charge in [-0.15, -0.1) is 0 Å². The lowest BCUT2D eigenvalue weighted by Gasteiger charge is -2.33. The normalized spacial score (nSPS) is 20.1. The molecule has 7 heteroatoms. The van der Waals surface area contributed by atoms with Crippen molar-refractivity contribution in [1.82, 2.24) is 14.9 Å². The first-order valence-corrected chi connectivity index (χ1v) is 9.56. The van der Waals surface area contributed by atoms with Gasteiger partial charge in [-0.1, -0.05) is 6.42 Å². The summed E-state index contributed by atoms with van der Waals surface area (Å²) in [6.07, 6.45) is 7.23. The van der Waals surface area contributed by atoms with Crippen LogP contribution in [0.2, 0.25) is 0 Å². The largest absolute Gasteiger partial charge is 0.468 e. The maximum Gasteiger partial charge on any atom is 0.134 e. The third-order valence-electron chi connectivity index (χ3n) is 5.17. The minimum Gasteiger partial charge on any atom is -0.468 e. The lowest BCUT2D eigenvalue weighted by Crippen LogP contribution is -2.37. The molecular formula is C19H27N5O2. The number of furan rings is 1. The molecule has 1 atom stereocenters. The van der Waals surface area contributed by atoms with E-state index >= 15 is 0 Å². The van der Waals surface area contributed by atoms with Gasteiger partial charge in [0.15, 0.2) is 0 Å². The standard InChI is InChI=1S/C19H27N5O2/c1-2-6-23(7-3-1)16(17-5-4-10-26-17)14-20-18-13-19(22-15-21-18)24-8-11-25-12-9-24/h4-5,10,13,15-16H,1-3,6-9,11-12,14H2,(H,20,21,22). The molecule has 0 radical (unpaired) electrons. The molecule has 4 rings (SSSR count). The monoisotopic (exact) mass is 357 g/mol. The van der Waals surface area contributed by atoms with E-state index in [1.807, 2.05) is 12.1 Å². The van der Waals surface area contributed by atoms with Gasteiger partial charge in [-0.3, -0.25) is 4.90 Å². The third-order valence-corrected chi connectivity index (χ3v) is 5.17. The number of hydrogen-bond donors (Lipinski definition) is 1. The van der Waals surface area contributed by atoms with E-state index in [0.29, 0.717) is 0 Å².